The Morgan fingerprint density at radius 3 is 2.89 bits per heavy atom. The molecule has 0 spiro atoms. The number of benzene rings is 1. The van der Waals surface area contributed by atoms with Gasteiger partial charge in [0.25, 0.3) is 5.91 Å². The summed E-state index contributed by atoms with van der Waals surface area (Å²) in [5.74, 6) is 0.0780. The smallest absolute Gasteiger partial charge is 0.254 e. The first-order valence-corrected chi connectivity index (χ1v) is 6.24. The van der Waals surface area contributed by atoms with Crippen LogP contribution in [-0.2, 0) is 4.74 Å². The van der Waals surface area contributed by atoms with Crippen molar-refractivity contribution in [1.29, 1.82) is 0 Å². The molecule has 1 aliphatic heterocycles. The summed E-state index contributed by atoms with van der Waals surface area (Å²) in [6, 6.07) is 9.39. The quantitative estimate of drug-likeness (QED) is 0.766. The van der Waals surface area contributed by atoms with Gasteiger partial charge >= 0.3 is 0 Å². The highest BCUT2D eigenvalue weighted by Gasteiger charge is 2.33. The number of hydrogen-bond acceptors (Lipinski definition) is 2. The highest BCUT2D eigenvalue weighted by atomic mass is 16.5. The van der Waals surface area contributed by atoms with Gasteiger partial charge in [0.1, 0.15) is 0 Å². The van der Waals surface area contributed by atoms with Crippen molar-refractivity contribution in [2.24, 2.45) is 0 Å². The van der Waals surface area contributed by atoms with E-state index in [0.29, 0.717) is 19.7 Å². The minimum atomic E-state index is -0.301. The Bertz CT molecular complexity index is 429. The molecule has 0 radical (unpaired) electrons. The first-order chi connectivity index (χ1) is 8.64. The highest BCUT2D eigenvalue weighted by Crippen LogP contribution is 2.23. The van der Waals surface area contributed by atoms with E-state index in [0.717, 1.165) is 12.0 Å². The highest BCUT2D eigenvalue weighted by molar-refractivity contribution is 5.94. The monoisotopic (exact) mass is 245 g/mol. The minimum absolute atomic E-state index is 0.0780. The van der Waals surface area contributed by atoms with Crippen molar-refractivity contribution < 1.29 is 9.53 Å². The molecule has 0 bridgehead atoms. The van der Waals surface area contributed by atoms with Gasteiger partial charge in [0, 0.05) is 12.1 Å². The van der Waals surface area contributed by atoms with Crippen molar-refractivity contribution in [2.75, 3.05) is 19.7 Å². The zero-order valence-corrected chi connectivity index (χ0v) is 10.8. The SMILES string of the molecule is C=CC[C@@]1(C)CN(C(=O)c2ccccc2)CCO1. The van der Waals surface area contributed by atoms with Gasteiger partial charge in [-0.05, 0) is 25.5 Å². The van der Waals surface area contributed by atoms with E-state index >= 15 is 0 Å². The molecule has 0 aromatic heterocycles. The topological polar surface area (TPSA) is 29.5 Å². The Hall–Kier alpha value is -1.61. The predicted octanol–water partition coefficient (Wildman–Crippen LogP) is 2.49. The molecule has 3 heteroatoms. The number of carbonyl (C=O) groups excluding carboxylic acids is 1. The molecule has 1 aromatic carbocycles. The molecule has 1 aliphatic rings. The molecule has 1 amide bonds. The molecule has 96 valence electrons. The Morgan fingerprint density at radius 2 is 2.22 bits per heavy atom. The third kappa shape index (κ3) is 2.79. The number of amides is 1. The zero-order chi connectivity index (χ0) is 13.0. The summed E-state index contributed by atoms with van der Waals surface area (Å²) in [6.45, 7) is 7.63. The number of hydrogen-bond donors (Lipinski definition) is 0. The second kappa shape index (κ2) is 5.36. The van der Waals surface area contributed by atoms with Gasteiger partial charge < -0.3 is 9.64 Å². The summed E-state index contributed by atoms with van der Waals surface area (Å²) in [6.07, 6.45) is 2.60. The van der Waals surface area contributed by atoms with Gasteiger partial charge in [-0.2, -0.15) is 0 Å². The second-order valence-corrected chi connectivity index (χ2v) is 4.88. The maximum absolute atomic E-state index is 12.3. The van der Waals surface area contributed by atoms with Gasteiger partial charge in [-0.1, -0.05) is 24.3 Å². The maximum atomic E-state index is 12.3. The Labute approximate surface area is 108 Å². The van der Waals surface area contributed by atoms with Crippen molar-refractivity contribution in [3.63, 3.8) is 0 Å². The molecule has 1 fully saturated rings. The van der Waals surface area contributed by atoms with E-state index in [1.165, 1.54) is 0 Å². The van der Waals surface area contributed by atoms with Crippen molar-refractivity contribution in [3.8, 4) is 0 Å². The lowest BCUT2D eigenvalue weighted by atomic mass is 9.99. The van der Waals surface area contributed by atoms with Crippen LogP contribution in [0, 0.1) is 0 Å². The lowest BCUT2D eigenvalue weighted by Gasteiger charge is -2.40. The van der Waals surface area contributed by atoms with E-state index in [-0.39, 0.29) is 11.5 Å². The second-order valence-electron chi connectivity index (χ2n) is 4.88. The molecule has 3 nitrogen and oxygen atoms in total. The molecule has 2 rings (SSSR count). The first-order valence-electron chi connectivity index (χ1n) is 6.24. The van der Waals surface area contributed by atoms with E-state index in [1.807, 2.05) is 48.2 Å². The van der Waals surface area contributed by atoms with Crippen LogP contribution >= 0.6 is 0 Å². The zero-order valence-electron chi connectivity index (χ0n) is 10.8. The Balaban J connectivity index is 2.10. The third-order valence-electron chi connectivity index (χ3n) is 3.22. The van der Waals surface area contributed by atoms with Gasteiger partial charge in [-0.15, -0.1) is 6.58 Å². The minimum Gasteiger partial charge on any atom is -0.371 e. The van der Waals surface area contributed by atoms with Crippen molar-refractivity contribution in [1.82, 2.24) is 4.90 Å². The van der Waals surface area contributed by atoms with Crippen LogP contribution in [0.2, 0.25) is 0 Å². The van der Waals surface area contributed by atoms with E-state index in [1.54, 1.807) is 0 Å². The molecule has 18 heavy (non-hydrogen) atoms. The lowest BCUT2D eigenvalue weighted by Crippen LogP contribution is -2.51. The van der Waals surface area contributed by atoms with Gasteiger partial charge in [0.2, 0.25) is 0 Å². The van der Waals surface area contributed by atoms with E-state index < -0.39 is 0 Å². The van der Waals surface area contributed by atoms with Gasteiger partial charge in [0.15, 0.2) is 0 Å². The fraction of sp³-hybridized carbons (Fsp3) is 0.400. The maximum Gasteiger partial charge on any atom is 0.254 e. The van der Waals surface area contributed by atoms with Crippen molar-refractivity contribution in [2.45, 2.75) is 18.9 Å². The van der Waals surface area contributed by atoms with E-state index in [2.05, 4.69) is 6.58 Å². The Morgan fingerprint density at radius 1 is 1.50 bits per heavy atom. The van der Waals surface area contributed by atoms with Crippen LogP contribution in [-0.4, -0.2) is 36.1 Å². The van der Waals surface area contributed by atoms with Gasteiger partial charge in [-0.3, -0.25) is 4.79 Å². The molecule has 0 N–H and O–H groups in total. The fourth-order valence-electron chi connectivity index (χ4n) is 2.30. The van der Waals surface area contributed by atoms with Crippen LogP contribution in [0.4, 0.5) is 0 Å². The standard InChI is InChI=1S/C15H19NO2/c1-3-9-15(2)12-16(10-11-18-15)14(17)13-7-5-4-6-8-13/h3-8H,1,9-12H2,2H3/t15-/m0/s1. The molecule has 1 atom stereocenters. The van der Waals surface area contributed by atoms with Crippen LogP contribution in [0.1, 0.15) is 23.7 Å². The van der Waals surface area contributed by atoms with Crippen LogP contribution in [0.5, 0.6) is 0 Å². The third-order valence-corrected chi connectivity index (χ3v) is 3.22. The summed E-state index contributed by atoms with van der Waals surface area (Å²) in [5.41, 5.74) is 0.435. The van der Waals surface area contributed by atoms with Crippen molar-refractivity contribution in [3.05, 3.63) is 48.6 Å². The van der Waals surface area contributed by atoms with Crippen LogP contribution in [0.25, 0.3) is 0 Å². The fourth-order valence-corrected chi connectivity index (χ4v) is 2.30. The number of nitrogens with zero attached hydrogens (tertiary/aromatic N) is 1. The number of carbonyl (C=O) groups is 1. The lowest BCUT2D eigenvalue weighted by molar-refractivity contribution is -0.0859. The van der Waals surface area contributed by atoms with E-state index in [4.69, 9.17) is 4.74 Å². The summed E-state index contributed by atoms with van der Waals surface area (Å²) < 4.78 is 5.76. The first kappa shape index (κ1) is 12.8. The largest absolute Gasteiger partial charge is 0.371 e. The van der Waals surface area contributed by atoms with Gasteiger partial charge in [0.05, 0.1) is 18.8 Å². The number of rotatable bonds is 3. The molecular formula is C15H19NO2. The number of morpholine rings is 1. The molecular weight excluding hydrogens is 226 g/mol. The molecule has 0 unspecified atom stereocenters. The molecule has 1 heterocycles. The molecule has 0 aliphatic carbocycles. The summed E-state index contributed by atoms with van der Waals surface area (Å²) >= 11 is 0. The summed E-state index contributed by atoms with van der Waals surface area (Å²) in [7, 11) is 0. The van der Waals surface area contributed by atoms with Crippen LogP contribution in [0.3, 0.4) is 0 Å². The van der Waals surface area contributed by atoms with Crippen LogP contribution in [0.15, 0.2) is 43.0 Å². The van der Waals surface area contributed by atoms with Crippen molar-refractivity contribution >= 4 is 5.91 Å². The van der Waals surface area contributed by atoms with Gasteiger partial charge in [-0.25, -0.2) is 0 Å². The predicted molar refractivity (Wildman–Crippen MR) is 71.5 cm³/mol. The number of ether oxygens (including phenoxy) is 1. The summed E-state index contributed by atoms with van der Waals surface area (Å²) in [5, 5.41) is 0. The van der Waals surface area contributed by atoms with E-state index in [9.17, 15) is 4.79 Å². The Kier molecular flexibility index (Phi) is 3.82. The molecule has 0 saturated carbocycles. The molecule has 1 saturated heterocycles. The summed E-state index contributed by atoms with van der Waals surface area (Å²) in [4.78, 5) is 14.2. The normalized spacial score (nSPS) is 23.7. The molecule has 1 aromatic rings. The average molecular weight is 245 g/mol. The average Bonchev–Trinajstić information content (AvgIpc) is 2.39. The van der Waals surface area contributed by atoms with Crippen LogP contribution < -0.4 is 0 Å².